The van der Waals surface area contributed by atoms with Crippen molar-refractivity contribution >= 4 is 22.8 Å². The van der Waals surface area contributed by atoms with Crippen molar-refractivity contribution in [1.82, 2.24) is 4.98 Å². The van der Waals surface area contributed by atoms with E-state index in [0.29, 0.717) is 5.92 Å². The molecule has 4 heteroatoms. The average Bonchev–Trinajstić information content (AvgIpc) is 2.91. The maximum atomic E-state index is 11.2. The van der Waals surface area contributed by atoms with E-state index in [-0.39, 0.29) is 0 Å². The smallest absolute Gasteiger partial charge is 0.186 e. The van der Waals surface area contributed by atoms with Crippen LogP contribution in [0.3, 0.4) is 0 Å². The van der Waals surface area contributed by atoms with E-state index in [1.165, 1.54) is 32.1 Å². The van der Waals surface area contributed by atoms with E-state index in [2.05, 4.69) is 18.7 Å². The Hall–Kier alpha value is -0.900. The first-order valence-corrected chi connectivity index (χ1v) is 8.71. The maximum Gasteiger partial charge on any atom is 0.186 e. The Bertz CT molecular complexity index is 483. The molecule has 0 N–H and O–H groups in total. The summed E-state index contributed by atoms with van der Waals surface area (Å²) in [6.45, 7) is 6.48. The molecule has 2 aliphatic rings. The molecule has 0 bridgehead atoms. The van der Waals surface area contributed by atoms with Gasteiger partial charge in [-0.3, -0.25) is 4.79 Å². The van der Waals surface area contributed by atoms with E-state index in [0.717, 1.165) is 46.9 Å². The number of carbonyl (C=O) groups is 1. The summed E-state index contributed by atoms with van der Waals surface area (Å²) in [6.07, 6.45) is 7.90. The standard InChI is InChI=1S/C16H24N2OS/c1-11(2)15-14(10-19)20-16(17-15)18-8-7-12-5-3-4-6-13(12)9-18/h10-13H,3-9H2,1-2H3. The molecule has 20 heavy (non-hydrogen) atoms. The van der Waals surface area contributed by atoms with E-state index < -0.39 is 0 Å². The molecule has 110 valence electrons. The van der Waals surface area contributed by atoms with Crippen LogP contribution in [-0.2, 0) is 0 Å². The number of rotatable bonds is 3. The Morgan fingerprint density at radius 2 is 2.00 bits per heavy atom. The van der Waals surface area contributed by atoms with Gasteiger partial charge in [-0.2, -0.15) is 0 Å². The van der Waals surface area contributed by atoms with Gasteiger partial charge < -0.3 is 4.90 Å². The van der Waals surface area contributed by atoms with Crippen LogP contribution in [0.1, 0.15) is 67.2 Å². The largest absolute Gasteiger partial charge is 0.348 e. The summed E-state index contributed by atoms with van der Waals surface area (Å²) in [7, 11) is 0. The van der Waals surface area contributed by atoms with Gasteiger partial charge >= 0.3 is 0 Å². The summed E-state index contributed by atoms with van der Waals surface area (Å²) in [4.78, 5) is 19.2. The van der Waals surface area contributed by atoms with Crippen LogP contribution < -0.4 is 4.90 Å². The van der Waals surface area contributed by atoms with Crippen LogP contribution in [0.4, 0.5) is 5.13 Å². The lowest BCUT2D eigenvalue weighted by molar-refractivity contribution is 0.112. The van der Waals surface area contributed by atoms with Gasteiger partial charge in [0.1, 0.15) is 0 Å². The molecule has 0 radical (unpaired) electrons. The Morgan fingerprint density at radius 1 is 1.25 bits per heavy atom. The Labute approximate surface area is 125 Å². The minimum atomic E-state index is 0.326. The van der Waals surface area contributed by atoms with Crippen LogP contribution in [0.15, 0.2) is 0 Å². The lowest BCUT2D eigenvalue weighted by Gasteiger charge is -2.41. The third kappa shape index (κ3) is 2.62. The molecule has 3 rings (SSSR count). The van der Waals surface area contributed by atoms with E-state index in [4.69, 9.17) is 4.98 Å². The molecule has 3 nitrogen and oxygen atoms in total. The molecular formula is C16H24N2OS. The van der Waals surface area contributed by atoms with Gasteiger partial charge in [0, 0.05) is 13.1 Å². The average molecular weight is 292 g/mol. The van der Waals surface area contributed by atoms with Gasteiger partial charge in [0.15, 0.2) is 11.4 Å². The highest BCUT2D eigenvalue weighted by Crippen LogP contribution is 2.39. The second-order valence-electron chi connectivity index (χ2n) is 6.56. The Kier molecular flexibility index (Phi) is 4.11. The van der Waals surface area contributed by atoms with Gasteiger partial charge in [-0.15, -0.1) is 0 Å². The third-order valence-electron chi connectivity index (χ3n) is 4.89. The predicted molar refractivity (Wildman–Crippen MR) is 83.9 cm³/mol. The number of carbonyl (C=O) groups excluding carboxylic acids is 1. The first-order valence-electron chi connectivity index (χ1n) is 7.90. The van der Waals surface area contributed by atoms with Crippen LogP contribution in [0.25, 0.3) is 0 Å². The number of fused-ring (bicyclic) bond motifs is 1. The minimum absolute atomic E-state index is 0.326. The van der Waals surface area contributed by atoms with Crippen LogP contribution in [0.5, 0.6) is 0 Å². The first-order chi connectivity index (χ1) is 9.69. The molecule has 2 heterocycles. The molecule has 0 amide bonds. The zero-order chi connectivity index (χ0) is 14.1. The van der Waals surface area contributed by atoms with Gasteiger partial charge in [-0.25, -0.2) is 4.98 Å². The number of hydrogen-bond acceptors (Lipinski definition) is 4. The second-order valence-corrected chi connectivity index (χ2v) is 7.57. The number of aldehydes is 1. The summed E-state index contributed by atoms with van der Waals surface area (Å²) in [5.41, 5.74) is 0.978. The van der Waals surface area contributed by atoms with Gasteiger partial charge in [-0.05, 0) is 30.6 Å². The molecular weight excluding hydrogens is 268 g/mol. The summed E-state index contributed by atoms with van der Waals surface area (Å²) >= 11 is 1.58. The highest BCUT2D eigenvalue weighted by molar-refractivity contribution is 7.17. The molecule has 0 spiro atoms. The number of thiazole rings is 1. The van der Waals surface area contributed by atoms with Crippen LogP contribution in [-0.4, -0.2) is 24.4 Å². The van der Waals surface area contributed by atoms with Crippen molar-refractivity contribution < 1.29 is 4.79 Å². The van der Waals surface area contributed by atoms with Crippen molar-refractivity contribution in [3.05, 3.63) is 10.6 Å². The summed E-state index contributed by atoms with van der Waals surface area (Å²) in [5, 5.41) is 1.07. The zero-order valence-corrected chi connectivity index (χ0v) is 13.3. The van der Waals surface area contributed by atoms with Crippen molar-refractivity contribution in [3.8, 4) is 0 Å². The summed E-state index contributed by atoms with van der Waals surface area (Å²) in [5.74, 6) is 2.12. The monoisotopic (exact) mass is 292 g/mol. The van der Waals surface area contributed by atoms with Gasteiger partial charge in [0.05, 0.1) is 10.6 Å². The van der Waals surface area contributed by atoms with Gasteiger partial charge in [-0.1, -0.05) is 44.4 Å². The quantitative estimate of drug-likeness (QED) is 0.787. The lowest BCUT2D eigenvalue weighted by atomic mass is 9.75. The Morgan fingerprint density at radius 3 is 2.65 bits per heavy atom. The zero-order valence-electron chi connectivity index (χ0n) is 12.5. The third-order valence-corrected chi connectivity index (χ3v) is 5.94. The minimum Gasteiger partial charge on any atom is -0.348 e. The van der Waals surface area contributed by atoms with E-state index >= 15 is 0 Å². The van der Waals surface area contributed by atoms with Crippen molar-refractivity contribution in [2.75, 3.05) is 18.0 Å². The molecule has 1 aliphatic heterocycles. The van der Waals surface area contributed by atoms with Crippen LogP contribution in [0, 0.1) is 11.8 Å². The van der Waals surface area contributed by atoms with Crippen molar-refractivity contribution in [1.29, 1.82) is 0 Å². The fourth-order valence-electron chi connectivity index (χ4n) is 3.74. The van der Waals surface area contributed by atoms with Crippen molar-refractivity contribution in [2.45, 2.75) is 51.9 Å². The maximum absolute atomic E-state index is 11.2. The fourth-order valence-corrected chi connectivity index (χ4v) is 4.81. The molecule has 1 saturated carbocycles. The number of nitrogens with zero attached hydrogens (tertiary/aromatic N) is 2. The normalized spacial score (nSPS) is 26.6. The molecule has 1 saturated heterocycles. The number of hydrogen-bond donors (Lipinski definition) is 0. The van der Waals surface area contributed by atoms with Gasteiger partial charge in [0.25, 0.3) is 0 Å². The number of piperidine rings is 1. The first kappa shape index (κ1) is 14.1. The number of anilines is 1. The van der Waals surface area contributed by atoms with Crippen LogP contribution in [0.2, 0.25) is 0 Å². The van der Waals surface area contributed by atoms with Crippen molar-refractivity contribution in [3.63, 3.8) is 0 Å². The molecule has 1 aromatic rings. The highest BCUT2D eigenvalue weighted by atomic mass is 32.1. The topological polar surface area (TPSA) is 33.2 Å². The fraction of sp³-hybridized carbons (Fsp3) is 0.750. The lowest BCUT2D eigenvalue weighted by Crippen LogP contribution is -2.41. The molecule has 0 aromatic carbocycles. The SMILES string of the molecule is CC(C)c1nc(N2CCC3CCCCC3C2)sc1C=O. The van der Waals surface area contributed by atoms with E-state index in [9.17, 15) is 4.79 Å². The Balaban J connectivity index is 1.77. The predicted octanol–water partition coefficient (Wildman–Crippen LogP) is 4.10. The van der Waals surface area contributed by atoms with Crippen molar-refractivity contribution in [2.24, 2.45) is 11.8 Å². The van der Waals surface area contributed by atoms with Gasteiger partial charge in [0.2, 0.25) is 0 Å². The van der Waals surface area contributed by atoms with E-state index in [1.807, 2.05) is 0 Å². The molecule has 2 atom stereocenters. The highest BCUT2D eigenvalue weighted by Gasteiger charge is 2.32. The molecule has 2 unspecified atom stereocenters. The summed E-state index contributed by atoms with van der Waals surface area (Å²) < 4.78 is 0. The van der Waals surface area contributed by atoms with Crippen LogP contribution >= 0.6 is 11.3 Å². The molecule has 1 aliphatic carbocycles. The molecule has 2 fully saturated rings. The number of aromatic nitrogens is 1. The second kappa shape index (κ2) is 5.84. The molecule has 1 aromatic heterocycles. The van der Waals surface area contributed by atoms with E-state index in [1.54, 1.807) is 11.3 Å². The summed E-state index contributed by atoms with van der Waals surface area (Å²) in [6, 6.07) is 0.